The number of ether oxygens (including phenoxy) is 12. The molecule has 0 aliphatic heterocycles. The lowest BCUT2D eigenvalue weighted by molar-refractivity contribution is 0.0668. The molecule has 0 amide bonds. The van der Waals surface area contributed by atoms with E-state index in [0.29, 0.717) is 116 Å². The molecule has 0 saturated carbocycles. The van der Waals surface area contributed by atoms with Crippen LogP contribution in [0.15, 0.2) is 36.4 Å². The highest BCUT2D eigenvalue weighted by Crippen LogP contribution is 2.50. The minimum Gasteiger partial charge on any atom is -0.487 e. The molecule has 0 heterocycles. The van der Waals surface area contributed by atoms with Crippen LogP contribution in [0.5, 0.6) is 69.0 Å². The van der Waals surface area contributed by atoms with Crippen LogP contribution in [0.4, 0.5) is 105 Å². The van der Waals surface area contributed by atoms with E-state index in [2.05, 4.69) is 0 Å². The summed E-state index contributed by atoms with van der Waals surface area (Å²) in [4.78, 5) is 87.9. The van der Waals surface area contributed by atoms with Gasteiger partial charge in [-0.25, -0.2) is 81.5 Å². The number of esters is 6. The highest BCUT2D eigenvalue weighted by Gasteiger charge is 2.42. The summed E-state index contributed by atoms with van der Waals surface area (Å²) in [5.74, 6) is -101. The molecule has 0 spiro atoms. The number of unbranched alkanes of at least 4 members (excludes halogenated alkanes) is 18. The Morgan fingerprint density at radius 2 is 0.275 bits per heavy atom. The molecule has 0 bridgehead atoms. The van der Waals surface area contributed by atoms with E-state index in [0.717, 1.165) is 0 Å². The summed E-state index contributed by atoms with van der Waals surface area (Å²) < 4.78 is 454. The molecule has 0 aliphatic carbocycles. The second-order valence-electron chi connectivity index (χ2n) is 31.1. The zero-order chi connectivity index (χ0) is 101. The monoisotopic (exact) mass is 1980 g/mol. The largest absolute Gasteiger partial charge is 0.487 e. The van der Waals surface area contributed by atoms with Crippen LogP contribution in [0.2, 0.25) is 0 Å². The lowest BCUT2D eigenvalue weighted by Gasteiger charge is -2.20. The number of carbonyl (C=O) groups is 6. The standard InChI is InChI=1S/C96H84F24O18/c1-7-13-19-25-31-127-85-73(109)61(97)55(62(98)74(85)110)91(121)133-49-37-43-44(38-50(49)134-92(122)56-63(99)75(111)86(76(112)64(56)100)128-32-26-20-14-8-2)46-40-52(136-94(124)58-67(103)79(115)88(80(116)68(58)104)130-34-28-22-16-10-4)54(138-96(126)60-71(107)83(119)90(84(120)72(60)108)132-36-30-24-18-12-6)42-48(46)47-41-53(137-95(125)59-69(105)81(117)89(82(118)70(59)106)131-35-29-23-17-11-5)51(39-45(43)47)135-93(123)57-65(101)77(113)87(78(114)66(57)102)129-33-27-21-15-9-3/h37-42H,7-36H2,1-6H3. The van der Waals surface area contributed by atoms with E-state index in [1.807, 2.05) is 0 Å². The molecule has 0 fully saturated rings. The van der Waals surface area contributed by atoms with E-state index in [-0.39, 0.29) is 74.9 Å². The molecule has 0 aliphatic rings. The number of benzene rings is 10. The van der Waals surface area contributed by atoms with Crippen LogP contribution in [0.3, 0.4) is 0 Å². The maximum absolute atomic E-state index is 16.6. The van der Waals surface area contributed by atoms with Crippen LogP contribution >= 0.6 is 0 Å². The van der Waals surface area contributed by atoms with Crippen molar-refractivity contribution in [2.75, 3.05) is 39.6 Å². The summed E-state index contributed by atoms with van der Waals surface area (Å²) in [5.41, 5.74) is -14.6. The summed E-state index contributed by atoms with van der Waals surface area (Å²) in [6.45, 7) is 6.52. The Morgan fingerprint density at radius 1 is 0.167 bits per heavy atom. The molecule has 42 heteroatoms. The van der Waals surface area contributed by atoms with E-state index in [9.17, 15) is 28.8 Å². The number of hydrogen-bond donors (Lipinski definition) is 0. The van der Waals surface area contributed by atoms with Crippen molar-refractivity contribution in [2.45, 2.75) is 196 Å². The molecular formula is C96H84F24O18. The number of hydrogen-bond acceptors (Lipinski definition) is 18. The molecule has 18 nitrogen and oxygen atoms in total. The fourth-order valence-electron chi connectivity index (χ4n) is 14.1. The third kappa shape index (κ3) is 23.2. The lowest BCUT2D eigenvalue weighted by atomic mass is 9.93. The van der Waals surface area contributed by atoms with Crippen molar-refractivity contribution in [3.8, 4) is 69.0 Å². The van der Waals surface area contributed by atoms with Gasteiger partial charge in [-0.1, -0.05) is 157 Å². The molecular weight excluding hydrogens is 1900 g/mol. The van der Waals surface area contributed by atoms with Gasteiger partial charge in [0.15, 0.2) is 139 Å². The van der Waals surface area contributed by atoms with Gasteiger partial charge in [-0.15, -0.1) is 0 Å². The normalized spacial score (nSPS) is 11.4. The average molecular weight is 1980 g/mol. The summed E-state index contributed by atoms with van der Waals surface area (Å²) in [6.07, 6.45) is 8.10. The maximum Gasteiger partial charge on any atom is 0.349 e. The summed E-state index contributed by atoms with van der Waals surface area (Å²) >= 11 is 0. The molecule has 10 aromatic carbocycles. The van der Waals surface area contributed by atoms with Gasteiger partial charge < -0.3 is 56.8 Å². The van der Waals surface area contributed by atoms with Crippen LogP contribution in [-0.4, -0.2) is 75.5 Å². The van der Waals surface area contributed by atoms with E-state index < -0.39 is 350 Å². The molecule has 0 aromatic heterocycles. The first-order chi connectivity index (χ1) is 65.8. The summed E-state index contributed by atoms with van der Waals surface area (Å²) in [5, 5.41) is -7.12. The van der Waals surface area contributed by atoms with Gasteiger partial charge in [0.05, 0.1) is 39.6 Å². The van der Waals surface area contributed by atoms with Crippen molar-refractivity contribution in [3.05, 3.63) is 209 Å². The van der Waals surface area contributed by atoms with Crippen molar-refractivity contribution >= 4 is 68.1 Å². The predicted octanol–water partition coefficient (Wildman–Crippen LogP) is 27.6. The van der Waals surface area contributed by atoms with Crippen LogP contribution in [0.1, 0.15) is 258 Å². The lowest BCUT2D eigenvalue weighted by Crippen LogP contribution is -2.20. The molecule has 10 rings (SSSR count). The second kappa shape index (κ2) is 48.3. The first kappa shape index (κ1) is 107. The summed E-state index contributed by atoms with van der Waals surface area (Å²) in [7, 11) is 0. The quantitative estimate of drug-likeness (QED) is 0.00866. The Labute approximate surface area is 769 Å². The number of rotatable bonds is 48. The Kier molecular flexibility index (Phi) is 37.4. The van der Waals surface area contributed by atoms with E-state index in [4.69, 9.17) is 56.8 Å². The van der Waals surface area contributed by atoms with Gasteiger partial charge in [-0.2, -0.15) is 52.7 Å². The SMILES string of the molecule is CCCCCCOc1c(F)c(F)c(C(=O)Oc2cc3c4cc(OC(=O)c5c(F)c(F)c(OCCCCCC)c(F)c5F)c(OC(=O)c5c(F)c(F)c(OCCCCCC)c(F)c5F)cc4c4cc(OC(=O)c5c(F)c(F)c(OCCCCCC)c(F)c5F)c(OC(=O)c5c(F)c(F)c(OCCCCCC)c(F)c5F)cc4c3cc2OC(=O)c2c(F)c(F)c(OCCCCCC)c(F)c2F)c(F)c1F. The third-order valence-electron chi connectivity index (χ3n) is 21.4. The van der Waals surface area contributed by atoms with Gasteiger partial charge in [0.2, 0.25) is 69.8 Å². The van der Waals surface area contributed by atoms with Gasteiger partial charge in [0, 0.05) is 0 Å². The van der Waals surface area contributed by atoms with Gasteiger partial charge in [0.1, 0.15) is 33.4 Å². The van der Waals surface area contributed by atoms with E-state index in [1.165, 1.54) is 0 Å². The minimum atomic E-state index is -2.73. The van der Waals surface area contributed by atoms with Crippen molar-refractivity contribution in [1.82, 2.24) is 0 Å². The average Bonchev–Trinajstić information content (AvgIpc) is 0.716. The molecule has 0 unspecified atom stereocenters. The van der Waals surface area contributed by atoms with Crippen LogP contribution in [0.25, 0.3) is 32.3 Å². The Hall–Kier alpha value is -13.1. The highest BCUT2D eigenvalue weighted by molar-refractivity contribution is 6.27. The van der Waals surface area contributed by atoms with E-state index in [1.54, 1.807) is 41.5 Å². The van der Waals surface area contributed by atoms with Gasteiger partial charge in [-0.05, 0) is 107 Å². The number of fused-ring (bicyclic) bond motifs is 6. The third-order valence-corrected chi connectivity index (χ3v) is 21.4. The Morgan fingerprint density at radius 3 is 0.377 bits per heavy atom. The maximum atomic E-state index is 16.6. The molecule has 744 valence electrons. The van der Waals surface area contributed by atoms with Crippen LogP contribution < -0.4 is 56.8 Å². The van der Waals surface area contributed by atoms with Crippen LogP contribution in [-0.2, 0) is 0 Å². The van der Waals surface area contributed by atoms with Crippen molar-refractivity contribution in [2.24, 2.45) is 0 Å². The topological polar surface area (TPSA) is 213 Å². The van der Waals surface area contributed by atoms with Gasteiger partial charge in [0.25, 0.3) is 0 Å². The zero-order valence-electron chi connectivity index (χ0n) is 74.1. The van der Waals surface area contributed by atoms with Crippen molar-refractivity contribution < 1.29 is 191 Å². The second-order valence-corrected chi connectivity index (χ2v) is 31.1. The molecule has 0 N–H and O–H groups in total. The fourth-order valence-corrected chi connectivity index (χ4v) is 14.1. The summed E-state index contributed by atoms with van der Waals surface area (Å²) in [6, 6.07) is 0.667. The van der Waals surface area contributed by atoms with Gasteiger partial charge >= 0.3 is 35.8 Å². The van der Waals surface area contributed by atoms with E-state index >= 15 is 105 Å². The number of carbonyl (C=O) groups excluding carboxylic acids is 6. The highest BCUT2D eigenvalue weighted by atomic mass is 19.2. The molecule has 0 radical (unpaired) electrons. The first-order valence-corrected chi connectivity index (χ1v) is 43.6. The smallest absolute Gasteiger partial charge is 0.349 e. The number of halogens is 24. The van der Waals surface area contributed by atoms with Gasteiger partial charge in [-0.3, -0.25) is 0 Å². The Balaban J connectivity index is 1.36. The minimum absolute atomic E-state index is 0.0223. The predicted molar refractivity (Wildman–Crippen MR) is 444 cm³/mol. The molecule has 138 heavy (non-hydrogen) atoms. The fraction of sp³-hybridized carbons (Fsp3) is 0.375. The zero-order valence-corrected chi connectivity index (χ0v) is 74.1. The van der Waals surface area contributed by atoms with Crippen molar-refractivity contribution in [3.63, 3.8) is 0 Å². The Bertz CT molecular complexity index is 5150. The molecule has 0 saturated heterocycles. The van der Waals surface area contributed by atoms with Crippen molar-refractivity contribution in [1.29, 1.82) is 0 Å². The molecule has 10 aromatic rings. The van der Waals surface area contributed by atoms with Crippen LogP contribution in [0, 0.1) is 140 Å². The molecule has 0 atom stereocenters. The first-order valence-electron chi connectivity index (χ1n) is 43.6.